The number of carbonyl (C=O) groups is 1. The molecule has 7 nitrogen and oxygen atoms in total. The highest BCUT2D eigenvalue weighted by atomic mass is 16.5. The van der Waals surface area contributed by atoms with Crippen LogP contribution in [0.2, 0.25) is 0 Å². The molecule has 1 saturated heterocycles. The standard InChI is InChI=1S/C25H29N3O4/c1-6-32-25(30)20-21(26-16(4)23(31-5)22(20)29)18-11-17-9-7-8-10-19(17)27-24(18)28-12-14(2)15(3)13-28/h7-11,14-15H,6,12-13H2,1-5H3,(H,26,29)/t14-,15?/m0/s1. The number of anilines is 1. The first-order valence-electron chi connectivity index (χ1n) is 11.0. The summed E-state index contributed by atoms with van der Waals surface area (Å²) in [5.74, 6) is 1.21. The predicted molar refractivity (Wildman–Crippen MR) is 126 cm³/mol. The molecule has 0 spiro atoms. The van der Waals surface area contributed by atoms with E-state index >= 15 is 0 Å². The van der Waals surface area contributed by atoms with Gasteiger partial charge >= 0.3 is 5.97 Å². The van der Waals surface area contributed by atoms with Crippen molar-refractivity contribution in [3.05, 3.63) is 51.8 Å². The molecule has 32 heavy (non-hydrogen) atoms. The summed E-state index contributed by atoms with van der Waals surface area (Å²) in [5, 5.41) is 0.927. The van der Waals surface area contributed by atoms with E-state index in [-0.39, 0.29) is 17.9 Å². The lowest BCUT2D eigenvalue weighted by atomic mass is 10.0. The summed E-state index contributed by atoms with van der Waals surface area (Å²) in [4.78, 5) is 36.6. The van der Waals surface area contributed by atoms with Gasteiger partial charge in [-0.3, -0.25) is 4.79 Å². The van der Waals surface area contributed by atoms with Gasteiger partial charge in [-0.05, 0) is 37.8 Å². The maximum Gasteiger partial charge on any atom is 0.344 e. The van der Waals surface area contributed by atoms with Crippen LogP contribution >= 0.6 is 0 Å². The van der Waals surface area contributed by atoms with Crippen molar-refractivity contribution in [2.24, 2.45) is 11.8 Å². The number of nitrogens with one attached hydrogen (secondary N) is 1. The van der Waals surface area contributed by atoms with Crippen molar-refractivity contribution in [1.29, 1.82) is 0 Å². The fraction of sp³-hybridized carbons (Fsp3) is 0.400. The second kappa shape index (κ2) is 8.65. The maximum absolute atomic E-state index is 13.3. The van der Waals surface area contributed by atoms with E-state index < -0.39 is 11.4 Å². The van der Waals surface area contributed by atoms with Gasteiger partial charge in [0.25, 0.3) is 0 Å². The highest BCUT2D eigenvalue weighted by molar-refractivity contribution is 6.00. The number of ether oxygens (including phenoxy) is 2. The molecular formula is C25H29N3O4. The van der Waals surface area contributed by atoms with Crippen LogP contribution in [0.4, 0.5) is 5.82 Å². The molecule has 1 aliphatic heterocycles. The lowest BCUT2D eigenvalue weighted by Gasteiger charge is -2.23. The van der Waals surface area contributed by atoms with E-state index in [1.807, 2.05) is 30.3 Å². The fourth-order valence-corrected chi connectivity index (χ4v) is 4.38. The summed E-state index contributed by atoms with van der Waals surface area (Å²) in [5.41, 5.74) is 1.97. The third-order valence-electron chi connectivity index (χ3n) is 6.28. The minimum atomic E-state index is -0.677. The normalized spacial score (nSPS) is 18.2. The van der Waals surface area contributed by atoms with Crippen molar-refractivity contribution in [3.8, 4) is 17.0 Å². The molecule has 7 heteroatoms. The molecule has 4 rings (SSSR count). The van der Waals surface area contributed by atoms with Crippen molar-refractivity contribution >= 4 is 22.7 Å². The number of esters is 1. The third kappa shape index (κ3) is 3.72. The van der Waals surface area contributed by atoms with Crippen LogP contribution in [0.5, 0.6) is 5.75 Å². The molecule has 168 valence electrons. The molecule has 3 heterocycles. The van der Waals surface area contributed by atoms with Crippen LogP contribution in [0.1, 0.15) is 36.8 Å². The van der Waals surface area contributed by atoms with E-state index in [1.54, 1.807) is 13.8 Å². The summed E-state index contributed by atoms with van der Waals surface area (Å²) < 4.78 is 10.5. The van der Waals surface area contributed by atoms with Crippen molar-refractivity contribution in [2.45, 2.75) is 27.7 Å². The number of pyridine rings is 2. The molecule has 0 bridgehead atoms. The number of aromatic nitrogens is 2. The molecule has 1 aliphatic rings. The first-order valence-corrected chi connectivity index (χ1v) is 11.0. The number of aromatic amines is 1. The quantitative estimate of drug-likeness (QED) is 0.606. The summed E-state index contributed by atoms with van der Waals surface area (Å²) in [6, 6.07) is 9.84. The first-order chi connectivity index (χ1) is 15.3. The van der Waals surface area contributed by atoms with Gasteiger partial charge < -0.3 is 19.4 Å². The Labute approximate surface area is 187 Å². The summed E-state index contributed by atoms with van der Waals surface area (Å²) >= 11 is 0. The fourth-order valence-electron chi connectivity index (χ4n) is 4.38. The highest BCUT2D eigenvalue weighted by Gasteiger charge is 2.31. The topological polar surface area (TPSA) is 84.5 Å². The highest BCUT2D eigenvalue weighted by Crippen LogP contribution is 2.37. The van der Waals surface area contributed by atoms with Crippen LogP contribution in [-0.2, 0) is 4.74 Å². The van der Waals surface area contributed by atoms with Gasteiger partial charge in [-0.1, -0.05) is 32.0 Å². The van der Waals surface area contributed by atoms with Gasteiger partial charge in [-0.2, -0.15) is 0 Å². The SMILES string of the molecule is CCOC(=O)c1c(-c2cc3ccccc3nc2N2CC(C)[C@@H](C)C2)[nH]c(C)c(OC)c1=O. The maximum atomic E-state index is 13.3. The lowest BCUT2D eigenvalue weighted by molar-refractivity contribution is 0.0525. The zero-order valence-corrected chi connectivity index (χ0v) is 19.2. The second-order valence-corrected chi connectivity index (χ2v) is 8.49. The average Bonchev–Trinajstić information content (AvgIpc) is 3.11. The molecule has 0 aliphatic carbocycles. The summed E-state index contributed by atoms with van der Waals surface area (Å²) in [6.07, 6.45) is 0. The van der Waals surface area contributed by atoms with Gasteiger partial charge in [0.2, 0.25) is 5.43 Å². The molecule has 0 radical (unpaired) electrons. The number of hydrogen-bond donors (Lipinski definition) is 1. The Morgan fingerprint density at radius 3 is 2.56 bits per heavy atom. The van der Waals surface area contributed by atoms with Crippen LogP contribution in [0, 0.1) is 18.8 Å². The van der Waals surface area contributed by atoms with E-state index in [0.29, 0.717) is 28.8 Å². The van der Waals surface area contributed by atoms with E-state index in [4.69, 9.17) is 14.5 Å². The van der Waals surface area contributed by atoms with Gasteiger partial charge in [-0.15, -0.1) is 0 Å². The monoisotopic (exact) mass is 435 g/mol. The Morgan fingerprint density at radius 2 is 1.91 bits per heavy atom. The zero-order chi connectivity index (χ0) is 23.0. The van der Waals surface area contributed by atoms with E-state index in [2.05, 4.69) is 23.7 Å². The molecule has 1 aromatic carbocycles. The number of carbonyl (C=O) groups excluding carboxylic acids is 1. The number of H-pyrrole nitrogens is 1. The van der Waals surface area contributed by atoms with E-state index in [1.165, 1.54) is 7.11 Å². The van der Waals surface area contributed by atoms with Crippen LogP contribution in [0.3, 0.4) is 0 Å². The molecular weight excluding hydrogens is 406 g/mol. The van der Waals surface area contributed by atoms with Crippen molar-refractivity contribution < 1.29 is 14.3 Å². The minimum Gasteiger partial charge on any atom is -0.491 e. The predicted octanol–water partition coefficient (Wildman–Crippen LogP) is 4.18. The van der Waals surface area contributed by atoms with E-state index in [0.717, 1.165) is 29.8 Å². The lowest BCUT2D eigenvalue weighted by Crippen LogP contribution is -2.25. The Kier molecular flexibility index (Phi) is 5.91. The number of para-hydroxylation sites is 1. The van der Waals surface area contributed by atoms with E-state index in [9.17, 15) is 9.59 Å². The van der Waals surface area contributed by atoms with Gasteiger partial charge in [0.1, 0.15) is 11.4 Å². The van der Waals surface area contributed by atoms with Gasteiger partial charge in [-0.25, -0.2) is 9.78 Å². The molecule has 1 unspecified atom stereocenters. The Balaban J connectivity index is 2.03. The average molecular weight is 436 g/mol. The molecule has 3 aromatic rings. The molecule has 2 atom stereocenters. The Hall–Kier alpha value is -3.35. The first kappa shape index (κ1) is 21.9. The number of nitrogens with zero attached hydrogens (tertiary/aromatic N) is 2. The largest absolute Gasteiger partial charge is 0.491 e. The second-order valence-electron chi connectivity index (χ2n) is 8.49. The number of aryl methyl sites for hydroxylation is 1. The summed E-state index contributed by atoms with van der Waals surface area (Å²) in [6.45, 7) is 9.81. The third-order valence-corrected chi connectivity index (χ3v) is 6.28. The Bertz CT molecular complexity index is 1220. The smallest absolute Gasteiger partial charge is 0.344 e. The molecule has 1 N–H and O–H groups in total. The van der Waals surface area contributed by atoms with Gasteiger partial charge in [0.15, 0.2) is 5.75 Å². The van der Waals surface area contributed by atoms with Crippen LogP contribution in [0.25, 0.3) is 22.2 Å². The van der Waals surface area contributed by atoms with Crippen molar-refractivity contribution in [2.75, 3.05) is 31.7 Å². The molecule has 0 saturated carbocycles. The van der Waals surface area contributed by atoms with Crippen molar-refractivity contribution in [1.82, 2.24) is 9.97 Å². The zero-order valence-electron chi connectivity index (χ0n) is 19.2. The molecule has 0 amide bonds. The van der Waals surface area contributed by atoms with Crippen LogP contribution < -0.4 is 15.1 Å². The van der Waals surface area contributed by atoms with Crippen LogP contribution in [0.15, 0.2) is 35.1 Å². The Morgan fingerprint density at radius 1 is 1.22 bits per heavy atom. The van der Waals surface area contributed by atoms with Gasteiger partial charge in [0, 0.05) is 24.0 Å². The molecule has 2 aromatic heterocycles. The number of benzene rings is 1. The van der Waals surface area contributed by atoms with Crippen molar-refractivity contribution in [3.63, 3.8) is 0 Å². The number of fused-ring (bicyclic) bond motifs is 1. The number of hydrogen-bond acceptors (Lipinski definition) is 6. The summed E-state index contributed by atoms with van der Waals surface area (Å²) in [7, 11) is 1.42. The molecule has 1 fully saturated rings. The van der Waals surface area contributed by atoms with Gasteiger partial charge in [0.05, 0.1) is 30.6 Å². The minimum absolute atomic E-state index is 0.0621. The number of methoxy groups -OCH3 is 1. The van der Waals surface area contributed by atoms with Crippen LogP contribution in [-0.4, -0.2) is 42.7 Å². The number of rotatable bonds is 5.